The highest BCUT2D eigenvalue weighted by atomic mass is 35.5. The molecule has 1 heterocycles. The molecule has 0 aliphatic rings. The van der Waals surface area contributed by atoms with Crippen LogP contribution in [0.5, 0.6) is 0 Å². The first kappa shape index (κ1) is 18.6. The molecule has 1 atom stereocenters. The van der Waals surface area contributed by atoms with Crippen LogP contribution in [0.3, 0.4) is 0 Å². The summed E-state index contributed by atoms with van der Waals surface area (Å²) >= 11 is 7.41. The van der Waals surface area contributed by atoms with Crippen molar-refractivity contribution in [3.8, 4) is 11.1 Å². The third-order valence-electron chi connectivity index (χ3n) is 3.61. The maximum atomic E-state index is 14.4. The standard InChI is InChI=1S/C17H13ClF2N2O3S/c1-7(23)6-26-15-13(9-3-2-8(19)4-12(9)20)11(18)5-10-14(15)21-17(25)22-16(10)24/h2-5,7,23H,6H2,1H3,(H2,21,22,24,25)/t7-/m0/s1. The van der Waals surface area contributed by atoms with E-state index in [-0.39, 0.29) is 32.8 Å². The number of H-pyrrole nitrogens is 2. The fourth-order valence-corrected chi connectivity index (χ4v) is 3.98. The molecule has 3 N–H and O–H groups in total. The van der Waals surface area contributed by atoms with Crippen LogP contribution < -0.4 is 11.2 Å². The number of hydrogen-bond donors (Lipinski definition) is 3. The second-order valence-electron chi connectivity index (χ2n) is 5.68. The Bertz CT molecular complexity index is 1110. The number of thioether (sulfide) groups is 1. The second-order valence-corrected chi connectivity index (χ2v) is 7.11. The van der Waals surface area contributed by atoms with E-state index >= 15 is 0 Å². The Morgan fingerprint density at radius 3 is 2.62 bits per heavy atom. The number of benzene rings is 2. The van der Waals surface area contributed by atoms with E-state index < -0.39 is 29.0 Å². The van der Waals surface area contributed by atoms with Crippen LogP contribution in [0.2, 0.25) is 5.02 Å². The summed E-state index contributed by atoms with van der Waals surface area (Å²) in [5.41, 5.74) is -0.964. The van der Waals surface area contributed by atoms with Crippen molar-refractivity contribution >= 4 is 34.3 Å². The quantitative estimate of drug-likeness (QED) is 0.589. The number of aromatic amines is 2. The predicted octanol–water partition coefficient (Wildman–Crippen LogP) is 3.29. The van der Waals surface area contributed by atoms with Crippen molar-refractivity contribution in [1.29, 1.82) is 0 Å². The zero-order valence-corrected chi connectivity index (χ0v) is 15.0. The fraction of sp³-hybridized carbons (Fsp3) is 0.176. The molecule has 0 radical (unpaired) electrons. The van der Waals surface area contributed by atoms with Crippen molar-refractivity contribution in [2.45, 2.75) is 17.9 Å². The first-order valence-electron chi connectivity index (χ1n) is 7.53. The number of nitrogens with one attached hydrogen (secondary N) is 2. The van der Waals surface area contributed by atoms with Crippen LogP contribution in [-0.4, -0.2) is 26.9 Å². The van der Waals surface area contributed by atoms with E-state index in [1.54, 1.807) is 6.92 Å². The predicted molar refractivity (Wildman–Crippen MR) is 98.0 cm³/mol. The largest absolute Gasteiger partial charge is 0.393 e. The molecule has 0 aliphatic carbocycles. The molecular formula is C17H13ClF2N2O3S. The van der Waals surface area contributed by atoms with Gasteiger partial charge >= 0.3 is 5.69 Å². The van der Waals surface area contributed by atoms with Crippen LogP contribution in [0, 0.1) is 11.6 Å². The van der Waals surface area contributed by atoms with Crippen molar-refractivity contribution in [2.75, 3.05) is 5.75 Å². The Morgan fingerprint density at radius 1 is 1.23 bits per heavy atom. The van der Waals surface area contributed by atoms with E-state index in [1.165, 1.54) is 12.1 Å². The fourth-order valence-electron chi connectivity index (χ4n) is 2.54. The maximum absolute atomic E-state index is 14.4. The smallest absolute Gasteiger partial charge is 0.326 e. The SMILES string of the molecule is C[C@H](O)CSc1c(-c2ccc(F)cc2F)c(Cl)cc2c(=O)[nH]c(=O)[nH]c12. The summed E-state index contributed by atoms with van der Waals surface area (Å²) in [5.74, 6) is -1.37. The van der Waals surface area contributed by atoms with Gasteiger partial charge in [0, 0.05) is 27.8 Å². The number of rotatable bonds is 4. The molecule has 0 unspecified atom stereocenters. The van der Waals surface area contributed by atoms with Gasteiger partial charge in [0.25, 0.3) is 5.56 Å². The Hall–Kier alpha value is -2.16. The van der Waals surface area contributed by atoms with E-state index in [9.17, 15) is 23.5 Å². The Morgan fingerprint density at radius 2 is 1.96 bits per heavy atom. The average molecular weight is 399 g/mol. The van der Waals surface area contributed by atoms with Gasteiger partial charge in [0.1, 0.15) is 11.6 Å². The Labute approximate surface area is 155 Å². The van der Waals surface area contributed by atoms with Crippen LogP contribution in [0.4, 0.5) is 8.78 Å². The zero-order valence-electron chi connectivity index (χ0n) is 13.4. The van der Waals surface area contributed by atoms with E-state index in [1.807, 2.05) is 0 Å². The number of aliphatic hydroxyl groups is 1. The molecule has 5 nitrogen and oxygen atoms in total. The van der Waals surface area contributed by atoms with Gasteiger partial charge in [-0.3, -0.25) is 9.78 Å². The summed E-state index contributed by atoms with van der Waals surface area (Å²) in [7, 11) is 0. The third-order valence-corrected chi connectivity index (χ3v) is 5.26. The molecule has 0 saturated heterocycles. The van der Waals surface area contributed by atoms with Crippen molar-refractivity contribution in [2.24, 2.45) is 0 Å². The molecule has 0 bridgehead atoms. The minimum absolute atomic E-state index is 0.0209. The number of hydrogen-bond acceptors (Lipinski definition) is 4. The number of aliphatic hydroxyl groups excluding tert-OH is 1. The van der Waals surface area contributed by atoms with Gasteiger partial charge in [0.15, 0.2) is 0 Å². The van der Waals surface area contributed by atoms with Crippen LogP contribution in [-0.2, 0) is 0 Å². The topological polar surface area (TPSA) is 85.9 Å². The first-order chi connectivity index (χ1) is 12.3. The van der Waals surface area contributed by atoms with E-state index in [4.69, 9.17) is 11.6 Å². The van der Waals surface area contributed by atoms with Crippen molar-refractivity contribution in [3.05, 3.63) is 61.8 Å². The lowest BCUT2D eigenvalue weighted by Crippen LogP contribution is -2.22. The maximum Gasteiger partial charge on any atom is 0.326 e. The van der Waals surface area contributed by atoms with Gasteiger partial charge in [-0.1, -0.05) is 11.6 Å². The molecule has 9 heteroatoms. The summed E-state index contributed by atoms with van der Waals surface area (Å²) in [6.07, 6.45) is -0.700. The van der Waals surface area contributed by atoms with Gasteiger partial charge in [-0.15, -0.1) is 11.8 Å². The first-order valence-corrected chi connectivity index (χ1v) is 8.89. The number of aromatic nitrogens is 2. The highest BCUT2D eigenvalue weighted by molar-refractivity contribution is 7.99. The van der Waals surface area contributed by atoms with Gasteiger partial charge < -0.3 is 10.1 Å². The lowest BCUT2D eigenvalue weighted by molar-refractivity contribution is 0.220. The van der Waals surface area contributed by atoms with Gasteiger partial charge in [-0.2, -0.15) is 0 Å². The van der Waals surface area contributed by atoms with Gasteiger partial charge in [-0.25, -0.2) is 13.6 Å². The molecule has 3 aromatic rings. The highest BCUT2D eigenvalue weighted by Gasteiger charge is 2.20. The van der Waals surface area contributed by atoms with Crippen LogP contribution in [0.25, 0.3) is 22.0 Å². The molecule has 0 fully saturated rings. The zero-order chi connectivity index (χ0) is 19.0. The van der Waals surface area contributed by atoms with Crippen LogP contribution in [0.15, 0.2) is 38.8 Å². The van der Waals surface area contributed by atoms with Gasteiger partial charge in [-0.05, 0) is 25.1 Å². The summed E-state index contributed by atoms with van der Waals surface area (Å²) in [6, 6.07) is 4.35. The molecule has 0 aliphatic heterocycles. The molecule has 3 rings (SSSR count). The minimum Gasteiger partial charge on any atom is -0.393 e. The molecule has 136 valence electrons. The van der Waals surface area contributed by atoms with Gasteiger partial charge in [0.2, 0.25) is 0 Å². The Balaban J connectivity index is 2.40. The molecule has 0 amide bonds. The molecule has 1 aromatic heterocycles. The van der Waals surface area contributed by atoms with E-state index in [2.05, 4.69) is 9.97 Å². The highest BCUT2D eigenvalue weighted by Crippen LogP contribution is 2.42. The van der Waals surface area contributed by atoms with Gasteiger partial charge in [0.05, 0.1) is 22.0 Å². The van der Waals surface area contributed by atoms with Crippen LogP contribution in [0.1, 0.15) is 6.92 Å². The van der Waals surface area contributed by atoms with Crippen molar-refractivity contribution < 1.29 is 13.9 Å². The summed E-state index contributed by atoms with van der Waals surface area (Å²) in [4.78, 5) is 28.7. The van der Waals surface area contributed by atoms with E-state index in [0.717, 1.165) is 23.9 Å². The second kappa shape index (κ2) is 7.22. The van der Waals surface area contributed by atoms with E-state index in [0.29, 0.717) is 4.90 Å². The lowest BCUT2D eigenvalue weighted by atomic mass is 10.0. The normalized spacial score (nSPS) is 12.5. The van der Waals surface area contributed by atoms with Crippen LogP contribution >= 0.6 is 23.4 Å². The van der Waals surface area contributed by atoms with Crippen molar-refractivity contribution in [1.82, 2.24) is 9.97 Å². The summed E-state index contributed by atoms with van der Waals surface area (Å²) < 4.78 is 27.6. The molecule has 2 aromatic carbocycles. The minimum atomic E-state index is -0.836. The number of fused-ring (bicyclic) bond motifs is 1. The summed E-state index contributed by atoms with van der Waals surface area (Å²) in [5, 5.41) is 9.78. The molecule has 26 heavy (non-hydrogen) atoms. The van der Waals surface area contributed by atoms with Crippen molar-refractivity contribution in [3.63, 3.8) is 0 Å². The Kier molecular flexibility index (Phi) is 5.17. The summed E-state index contributed by atoms with van der Waals surface area (Å²) in [6.45, 7) is 1.56. The number of halogens is 3. The molecule has 0 saturated carbocycles. The third kappa shape index (κ3) is 3.53. The molecular weight excluding hydrogens is 386 g/mol. The average Bonchev–Trinajstić information content (AvgIpc) is 2.54. The monoisotopic (exact) mass is 398 g/mol. The lowest BCUT2D eigenvalue weighted by Gasteiger charge is -2.16. The molecule has 0 spiro atoms.